The first kappa shape index (κ1) is 17.3. The molecular weight excluding hydrogens is 390 g/mol. The Labute approximate surface area is 137 Å². The van der Waals surface area contributed by atoms with Crippen LogP contribution in [0.3, 0.4) is 0 Å². The minimum atomic E-state index is 0.755. The van der Waals surface area contributed by atoms with Crippen molar-refractivity contribution >= 4 is 43.6 Å². The lowest BCUT2D eigenvalue weighted by Gasteiger charge is -2.12. The molecule has 0 radical (unpaired) electrons. The van der Waals surface area contributed by atoms with E-state index in [-0.39, 0.29) is 0 Å². The Kier molecular flexibility index (Phi) is 9.20. The van der Waals surface area contributed by atoms with Crippen molar-refractivity contribution in [2.75, 3.05) is 25.2 Å². The fourth-order valence-electron chi connectivity index (χ4n) is 1.64. The van der Waals surface area contributed by atoms with Crippen LogP contribution in [-0.2, 0) is 6.54 Å². The van der Waals surface area contributed by atoms with Gasteiger partial charge in [-0.2, -0.15) is 11.8 Å². The zero-order valence-corrected chi connectivity index (χ0v) is 15.5. The molecule has 0 saturated carbocycles. The largest absolute Gasteiger partial charge is 0.491 e. The van der Waals surface area contributed by atoms with E-state index in [9.17, 15) is 0 Å². The lowest BCUT2D eigenvalue weighted by molar-refractivity contribution is 0.314. The molecule has 0 aliphatic heterocycles. The van der Waals surface area contributed by atoms with Gasteiger partial charge in [0.05, 0.1) is 15.6 Å². The van der Waals surface area contributed by atoms with Gasteiger partial charge in [-0.3, -0.25) is 0 Å². The van der Waals surface area contributed by atoms with E-state index in [1.165, 1.54) is 5.56 Å². The monoisotopic (exact) mass is 409 g/mol. The van der Waals surface area contributed by atoms with Crippen LogP contribution in [0.1, 0.15) is 25.3 Å². The summed E-state index contributed by atoms with van der Waals surface area (Å²) in [5.74, 6) is 2.04. The van der Waals surface area contributed by atoms with Crippen LogP contribution in [0.2, 0.25) is 0 Å². The molecule has 0 atom stereocenters. The zero-order chi connectivity index (χ0) is 14.1. The molecule has 0 bridgehead atoms. The highest BCUT2D eigenvalue weighted by Crippen LogP contribution is 2.34. The molecule has 0 heterocycles. The van der Waals surface area contributed by atoms with Gasteiger partial charge in [-0.05, 0) is 81.0 Å². The van der Waals surface area contributed by atoms with E-state index in [2.05, 4.69) is 62.5 Å². The topological polar surface area (TPSA) is 21.3 Å². The van der Waals surface area contributed by atoms with Crippen molar-refractivity contribution in [3.63, 3.8) is 0 Å². The van der Waals surface area contributed by atoms with Crippen molar-refractivity contribution < 1.29 is 4.74 Å². The van der Waals surface area contributed by atoms with Crippen LogP contribution in [0, 0.1) is 0 Å². The molecule has 0 spiro atoms. The average molecular weight is 411 g/mol. The average Bonchev–Trinajstić information content (AvgIpc) is 2.37. The molecule has 0 aromatic heterocycles. The standard InChI is InChI=1S/C14H21Br2NOS/c1-3-5-17-10-11-8-12(15)14(13(16)9-11)18-6-4-7-19-2/h8-9,17H,3-7,10H2,1-2H3. The van der Waals surface area contributed by atoms with E-state index in [1.807, 2.05) is 11.8 Å². The molecule has 1 N–H and O–H groups in total. The summed E-state index contributed by atoms with van der Waals surface area (Å²) in [6, 6.07) is 4.24. The Morgan fingerprint density at radius 2 is 1.95 bits per heavy atom. The summed E-state index contributed by atoms with van der Waals surface area (Å²) >= 11 is 9.02. The van der Waals surface area contributed by atoms with Crippen LogP contribution in [0.4, 0.5) is 0 Å². The van der Waals surface area contributed by atoms with Crippen LogP contribution >= 0.6 is 43.6 Å². The number of hydrogen-bond donors (Lipinski definition) is 1. The Morgan fingerprint density at radius 3 is 2.53 bits per heavy atom. The molecule has 2 nitrogen and oxygen atoms in total. The van der Waals surface area contributed by atoms with Crippen LogP contribution in [-0.4, -0.2) is 25.2 Å². The van der Waals surface area contributed by atoms with Crippen molar-refractivity contribution in [3.8, 4) is 5.75 Å². The quantitative estimate of drug-likeness (QED) is 0.588. The fraction of sp³-hybridized carbons (Fsp3) is 0.571. The van der Waals surface area contributed by atoms with E-state index in [0.717, 1.165) is 53.0 Å². The number of nitrogens with one attached hydrogen (secondary N) is 1. The molecular formula is C14H21Br2NOS. The van der Waals surface area contributed by atoms with Gasteiger partial charge in [-0.15, -0.1) is 0 Å². The lowest BCUT2D eigenvalue weighted by Crippen LogP contribution is -2.13. The van der Waals surface area contributed by atoms with Gasteiger partial charge in [0.2, 0.25) is 0 Å². The van der Waals surface area contributed by atoms with Gasteiger partial charge in [0, 0.05) is 6.54 Å². The van der Waals surface area contributed by atoms with Crippen molar-refractivity contribution in [1.82, 2.24) is 5.32 Å². The molecule has 0 aliphatic carbocycles. The first-order valence-corrected chi connectivity index (χ1v) is 9.47. The minimum absolute atomic E-state index is 0.755. The van der Waals surface area contributed by atoms with Gasteiger partial charge < -0.3 is 10.1 Å². The first-order chi connectivity index (χ1) is 9.19. The van der Waals surface area contributed by atoms with Crippen LogP contribution < -0.4 is 10.1 Å². The number of ether oxygens (including phenoxy) is 1. The summed E-state index contributed by atoms with van der Waals surface area (Å²) in [5.41, 5.74) is 1.25. The third kappa shape index (κ3) is 6.52. The van der Waals surface area contributed by atoms with E-state index >= 15 is 0 Å². The third-order valence-electron chi connectivity index (χ3n) is 2.55. The van der Waals surface area contributed by atoms with Gasteiger partial charge >= 0.3 is 0 Å². The van der Waals surface area contributed by atoms with Gasteiger partial charge in [0.1, 0.15) is 5.75 Å². The molecule has 1 aromatic rings. The van der Waals surface area contributed by atoms with Crippen molar-refractivity contribution in [2.24, 2.45) is 0 Å². The van der Waals surface area contributed by atoms with Crippen molar-refractivity contribution in [1.29, 1.82) is 0 Å². The molecule has 19 heavy (non-hydrogen) atoms. The number of hydrogen-bond acceptors (Lipinski definition) is 3. The molecule has 0 unspecified atom stereocenters. The molecule has 108 valence electrons. The molecule has 0 saturated heterocycles. The second kappa shape index (κ2) is 10.1. The number of benzene rings is 1. The van der Waals surface area contributed by atoms with Crippen molar-refractivity contribution in [2.45, 2.75) is 26.3 Å². The summed E-state index contributed by atoms with van der Waals surface area (Å²) in [6.07, 6.45) is 4.34. The normalized spacial score (nSPS) is 10.7. The van der Waals surface area contributed by atoms with E-state index in [0.29, 0.717) is 0 Å². The van der Waals surface area contributed by atoms with E-state index in [1.54, 1.807) is 0 Å². The van der Waals surface area contributed by atoms with Crippen LogP contribution in [0.15, 0.2) is 21.1 Å². The van der Waals surface area contributed by atoms with Gasteiger partial charge in [-0.1, -0.05) is 6.92 Å². The molecule has 1 aromatic carbocycles. The summed E-state index contributed by atoms with van der Waals surface area (Å²) in [5, 5.41) is 3.40. The fourth-order valence-corrected chi connectivity index (χ4v) is 3.56. The Balaban J connectivity index is 2.58. The Bertz CT molecular complexity index is 365. The summed E-state index contributed by atoms with van der Waals surface area (Å²) in [7, 11) is 0. The van der Waals surface area contributed by atoms with Gasteiger partial charge in [0.25, 0.3) is 0 Å². The molecule has 0 aliphatic rings. The summed E-state index contributed by atoms with van der Waals surface area (Å²) < 4.78 is 7.85. The number of rotatable bonds is 9. The summed E-state index contributed by atoms with van der Waals surface area (Å²) in [6.45, 7) is 4.86. The predicted molar refractivity (Wildman–Crippen MR) is 92.3 cm³/mol. The predicted octanol–water partition coefficient (Wildman–Crippen LogP) is 4.84. The highest BCUT2D eigenvalue weighted by Gasteiger charge is 2.08. The van der Waals surface area contributed by atoms with Crippen LogP contribution in [0.25, 0.3) is 0 Å². The maximum atomic E-state index is 5.82. The highest BCUT2D eigenvalue weighted by atomic mass is 79.9. The second-order valence-corrected chi connectivity index (χ2v) is 6.95. The van der Waals surface area contributed by atoms with E-state index in [4.69, 9.17) is 4.74 Å². The number of thioether (sulfide) groups is 1. The first-order valence-electron chi connectivity index (χ1n) is 6.49. The maximum Gasteiger partial charge on any atom is 0.147 e. The van der Waals surface area contributed by atoms with Gasteiger partial charge in [0.15, 0.2) is 0 Å². The molecule has 1 rings (SSSR count). The molecule has 0 amide bonds. The smallest absolute Gasteiger partial charge is 0.147 e. The minimum Gasteiger partial charge on any atom is -0.491 e. The van der Waals surface area contributed by atoms with Gasteiger partial charge in [-0.25, -0.2) is 0 Å². The lowest BCUT2D eigenvalue weighted by atomic mass is 10.2. The second-order valence-electron chi connectivity index (χ2n) is 4.26. The number of halogens is 2. The highest BCUT2D eigenvalue weighted by molar-refractivity contribution is 9.11. The Hall–Kier alpha value is 0.290. The van der Waals surface area contributed by atoms with Crippen LogP contribution in [0.5, 0.6) is 5.75 Å². The Morgan fingerprint density at radius 1 is 1.26 bits per heavy atom. The molecule has 0 fully saturated rings. The van der Waals surface area contributed by atoms with E-state index < -0.39 is 0 Å². The molecule has 5 heteroatoms. The SMILES string of the molecule is CCCNCc1cc(Br)c(OCCCSC)c(Br)c1. The van der Waals surface area contributed by atoms with Crippen molar-refractivity contribution in [3.05, 3.63) is 26.6 Å². The zero-order valence-electron chi connectivity index (χ0n) is 11.5. The third-order valence-corrected chi connectivity index (χ3v) is 4.43. The summed E-state index contributed by atoms with van der Waals surface area (Å²) in [4.78, 5) is 0. The maximum absolute atomic E-state index is 5.82.